The summed E-state index contributed by atoms with van der Waals surface area (Å²) in [6.07, 6.45) is -4.58. The number of carbonyl (C=O) groups is 2. The van der Waals surface area contributed by atoms with Crippen LogP contribution in [0.1, 0.15) is 12.8 Å². The number of hydrazine groups is 1. The van der Waals surface area contributed by atoms with Gasteiger partial charge in [-0.2, -0.15) is 13.2 Å². The average Bonchev–Trinajstić information content (AvgIpc) is 2.26. The fourth-order valence-corrected chi connectivity index (χ4v) is 1.62. The molecule has 3 N–H and O–H groups in total. The van der Waals surface area contributed by atoms with Crippen molar-refractivity contribution in [3.8, 4) is 0 Å². The van der Waals surface area contributed by atoms with E-state index in [9.17, 15) is 22.8 Å². The predicted molar refractivity (Wildman–Crippen MR) is 47.7 cm³/mol. The highest BCUT2D eigenvalue weighted by Gasteiger charge is 2.42. The van der Waals surface area contributed by atoms with E-state index in [1.54, 1.807) is 5.43 Å². The molecule has 1 aliphatic rings. The number of carbonyl (C=O) groups excluding carboxylic acids is 2. The normalized spacial score (nSPS) is 18.4. The fraction of sp³-hybridized carbons (Fsp3) is 0.750. The number of nitrogens with zero attached hydrogens (tertiary/aromatic N) is 1. The Morgan fingerprint density at radius 1 is 1.25 bits per heavy atom. The van der Waals surface area contributed by atoms with E-state index >= 15 is 0 Å². The first-order chi connectivity index (χ1) is 7.36. The zero-order valence-corrected chi connectivity index (χ0v) is 8.38. The monoisotopic (exact) mass is 239 g/mol. The lowest BCUT2D eigenvalue weighted by atomic mass is 9.96. The molecule has 1 heterocycles. The number of rotatable bonds is 0. The van der Waals surface area contributed by atoms with Crippen LogP contribution in [0, 0.1) is 5.92 Å². The summed E-state index contributed by atoms with van der Waals surface area (Å²) in [7, 11) is 0. The minimum atomic E-state index is -4.23. The quantitative estimate of drug-likeness (QED) is 0.265. The van der Waals surface area contributed by atoms with E-state index < -0.39 is 23.9 Å². The minimum Gasteiger partial charge on any atom is -0.334 e. The first-order valence-electron chi connectivity index (χ1n) is 4.73. The zero-order valence-electron chi connectivity index (χ0n) is 8.38. The van der Waals surface area contributed by atoms with Gasteiger partial charge in [-0.05, 0) is 12.8 Å². The molecule has 0 spiro atoms. The third kappa shape index (κ3) is 2.84. The van der Waals surface area contributed by atoms with E-state index in [0.29, 0.717) is 0 Å². The Labute approximate surface area is 89.7 Å². The highest BCUT2D eigenvalue weighted by atomic mass is 19.4. The lowest BCUT2D eigenvalue weighted by Gasteiger charge is -2.32. The highest BCUT2D eigenvalue weighted by molar-refractivity contribution is 6.34. The van der Waals surface area contributed by atoms with E-state index in [2.05, 4.69) is 0 Å². The second-order valence-electron chi connectivity index (χ2n) is 3.58. The van der Waals surface area contributed by atoms with Gasteiger partial charge in [-0.3, -0.25) is 15.0 Å². The highest BCUT2D eigenvalue weighted by Crippen LogP contribution is 2.33. The van der Waals surface area contributed by atoms with E-state index in [-0.39, 0.29) is 25.9 Å². The first kappa shape index (κ1) is 12.8. The number of amides is 2. The molecule has 0 atom stereocenters. The van der Waals surface area contributed by atoms with Gasteiger partial charge >= 0.3 is 18.0 Å². The van der Waals surface area contributed by atoms with Crippen LogP contribution in [0.4, 0.5) is 13.2 Å². The van der Waals surface area contributed by atoms with Crippen molar-refractivity contribution in [3.05, 3.63) is 0 Å². The molecule has 92 valence electrons. The number of piperidine rings is 1. The summed E-state index contributed by atoms with van der Waals surface area (Å²) in [4.78, 5) is 23.2. The predicted octanol–water partition coefficient (Wildman–Crippen LogP) is -0.223. The smallest absolute Gasteiger partial charge is 0.334 e. The van der Waals surface area contributed by atoms with E-state index in [0.717, 1.165) is 4.90 Å². The summed E-state index contributed by atoms with van der Waals surface area (Å²) in [5, 5.41) is 0. The molecular weight excluding hydrogens is 227 g/mol. The maximum Gasteiger partial charge on any atom is 0.391 e. The molecule has 0 bridgehead atoms. The molecular formula is C8H12F3N3O2. The van der Waals surface area contributed by atoms with E-state index in [1.807, 2.05) is 0 Å². The molecule has 2 amide bonds. The van der Waals surface area contributed by atoms with Crippen LogP contribution in [0.3, 0.4) is 0 Å². The Kier molecular flexibility index (Phi) is 3.74. The van der Waals surface area contributed by atoms with Gasteiger partial charge in [-0.25, -0.2) is 5.84 Å². The standard InChI is InChI=1S/C8H12F3N3O2/c9-8(10,11)5-1-3-14(4-2-5)7(16)6(15)13-12/h5H,1-4,12H2,(H,13,15). The van der Waals surface area contributed by atoms with Crippen molar-refractivity contribution in [2.24, 2.45) is 11.8 Å². The number of hydrogen-bond acceptors (Lipinski definition) is 3. The van der Waals surface area contributed by atoms with E-state index in [1.165, 1.54) is 0 Å². The summed E-state index contributed by atoms with van der Waals surface area (Å²) in [6.45, 7) is -0.146. The van der Waals surface area contributed by atoms with Crippen molar-refractivity contribution >= 4 is 11.8 Å². The van der Waals surface area contributed by atoms with E-state index in [4.69, 9.17) is 5.84 Å². The van der Waals surface area contributed by atoms with Gasteiger partial charge in [0.15, 0.2) is 0 Å². The van der Waals surface area contributed by atoms with Crippen molar-refractivity contribution in [1.82, 2.24) is 10.3 Å². The molecule has 0 unspecified atom stereocenters. The van der Waals surface area contributed by atoms with Crippen molar-refractivity contribution in [2.75, 3.05) is 13.1 Å². The van der Waals surface area contributed by atoms with Crippen LogP contribution in [-0.4, -0.2) is 36.0 Å². The molecule has 0 saturated carbocycles. The molecule has 1 fully saturated rings. The third-order valence-corrected chi connectivity index (χ3v) is 2.57. The van der Waals surface area contributed by atoms with Crippen LogP contribution < -0.4 is 11.3 Å². The van der Waals surface area contributed by atoms with Gasteiger partial charge < -0.3 is 4.90 Å². The summed E-state index contributed by atoms with van der Waals surface area (Å²) in [5.74, 6) is 1.46. The SMILES string of the molecule is NNC(=O)C(=O)N1CCC(C(F)(F)F)CC1. The molecule has 1 aliphatic heterocycles. The zero-order chi connectivity index (χ0) is 12.3. The number of nitrogens with one attached hydrogen (secondary N) is 1. The Balaban J connectivity index is 2.49. The van der Waals surface area contributed by atoms with Crippen LogP contribution in [0.5, 0.6) is 0 Å². The second-order valence-corrected chi connectivity index (χ2v) is 3.58. The lowest BCUT2D eigenvalue weighted by Crippen LogP contribution is -2.49. The van der Waals surface area contributed by atoms with Crippen molar-refractivity contribution in [1.29, 1.82) is 0 Å². The van der Waals surface area contributed by atoms with Gasteiger partial charge in [0.1, 0.15) is 0 Å². The van der Waals surface area contributed by atoms with Crippen LogP contribution >= 0.6 is 0 Å². The van der Waals surface area contributed by atoms with Crippen molar-refractivity contribution < 1.29 is 22.8 Å². The lowest BCUT2D eigenvalue weighted by molar-refractivity contribution is -0.186. The Hall–Kier alpha value is -1.31. The van der Waals surface area contributed by atoms with Gasteiger partial charge in [0.25, 0.3) is 0 Å². The molecule has 8 heteroatoms. The van der Waals surface area contributed by atoms with Crippen LogP contribution in [-0.2, 0) is 9.59 Å². The average molecular weight is 239 g/mol. The topological polar surface area (TPSA) is 75.4 Å². The molecule has 1 rings (SSSR count). The van der Waals surface area contributed by atoms with Crippen LogP contribution in [0.25, 0.3) is 0 Å². The Morgan fingerprint density at radius 2 is 1.75 bits per heavy atom. The van der Waals surface area contributed by atoms with Crippen molar-refractivity contribution in [3.63, 3.8) is 0 Å². The summed E-state index contributed by atoms with van der Waals surface area (Å²) in [6, 6.07) is 0. The molecule has 5 nitrogen and oxygen atoms in total. The maximum atomic E-state index is 12.3. The molecule has 1 saturated heterocycles. The molecule has 0 radical (unpaired) electrons. The fourth-order valence-electron chi connectivity index (χ4n) is 1.62. The molecule has 0 aliphatic carbocycles. The minimum absolute atomic E-state index is 0.0730. The molecule has 16 heavy (non-hydrogen) atoms. The number of halogens is 3. The van der Waals surface area contributed by atoms with Gasteiger partial charge in [0.2, 0.25) is 0 Å². The third-order valence-electron chi connectivity index (χ3n) is 2.57. The van der Waals surface area contributed by atoms with Gasteiger partial charge in [0, 0.05) is 13.1 Å². The summed E-state index contributed by atoms with van der Waals surface area (Å²) in [5.41, 5.74) is 1.65. The maximum absolute atomic E-state index is 12.3. The van der Waals surface area contributed by atoms with Gasteiger partial charge in [0.05, 0.1) is 5.92 Å². The van der Waals surface area contributed by atoms with Crippen LogP contribution in [0.2, 0.25) is 0 Å². The summed E-state index contributed by atoms with van der Waals surface area (Å²) >= 11 is 0. The van der Waals surface area contributed by atoms with Crippen molar-refractivity contribution in [2.45, 2.75) is 19.0 Å². The van der Waals surface area contributed by atoms with Crippen LogP contribution in [0.15, 0.2) is 0 Å². The van der Waals surface area contributed by atoms with Gasteiger partial charge in [-0.1, -0.05) is 0 Å². The first-order valence-corrected chi connectivity index (χ1v) is 4.73. The Morgan fingerprint density at radius 3 is 2.12 bits per heavy atom. The van der Waals surface area contributed by atoms with Gasteiger partial charge in [-0.15, -0.1) is 0 Å². The molecule has 0 aromatic rings. The number of hydrogen-bond donors (Lipinski definition) is 2. The molecule has 0 aromatic heterocycles. The second kappa shape index (κ2) is 4.69. The number of likely N-dealkylation sites (tertiary alicyclic amines) is 1. The number of alkyl halides is 3. The Bertz CT molecular complexity index is 285. The molecule has 0 aromatic carbocycles. The summed E-state index contributed by atoms with van der Waals surface area (Å²) < 4.78 is 36.9. The number of nitrogens with two attached hydrogens (primary N) is 1. The largest absolute Gasteiger partial charge is 0.391 e.